The Morgan fingerprint density at radius 3 is 2.61 bits per heavy atom. The molecule has 1 aliphatic carbocycles. The van der Waals surface area contributed by atoms with E-state index in [-0.39, 0.29) is 30.1 Å². The quantitative estimate of drug-likeness (QED) is 0.298. The first-order valence-electron chi connectivity index (χ1n) is 14.4. The number of nitrogens with zero attached hydrogens (tertiary/aromatic N) is 1. The van der Waals surface area contributed by atoms with Gasteiger partial charge in [0.25, 0.3) is 0 Å². The summed E-state index contributed by atoms with van der Waals surface area (Å²) in [6.45, 7) is 4.20. The highest BCUT2D eigenvalue weighted by Crippen LogP contribution is 2.34. The number of likely N-dealkylation sites (tertiary alicyclic amines) is 1. The van der Waals surface area contributed by atoms with Crippen molar-refractivity contribution in [2.24, 2.45) is 11.8 Å². The van der Waals surface area contributed by atoms with Crippen molar-refractivity contribution in [3.63, 3.8) is 0 Å². The molecule has 214 valence electrons. The van der Waals surface area contributed by atoms with Gasteiger partial charge in [-0.15, -0.1) is 0 Å². The van der Waals surface area contributed by atoms with E-state index in [1.54, 1.807) is 0 Å². The van der Waals surface area contributed by atoms with Crippen molar-refractivity contribution in [1.29, 1.82) is 0 Å². The molecule has 0 aromatic heterocycles. The molecule has 3 N–H and O–H groups in total. The van der Waals surface area contributed by atoms with E-state index >= 15 is 0 Å². The molecule has 1 aliphatic heterocycles. The van der Waals surface area contributed by atoms with Crippen LogP contribution in [0.4, 0.5) is 9.59 Å². The zero-order chi connectivity index (χ0) is 27.3. The Hall–Kier alpha value is -2.03. The lowest BCUT2D eigenvalue weighted by Gasteiger charge is -2.39. The average Bonchev–Trinajstić information content (AvgIpc) is 2.94. The minimum atomic E-state index is -0.483. The van der Waals surface area contributed by atoms with Gasteiger partial charge in [0.2, 0.25) is 0 Å². The Kier molecular flexibility index (Phi) is 13.0. The van der Waals surface area contributed by atoms with Gasteiger partial charge in [-0.25, -0.2) is 9.59 Å². The number of ether oxygens (including phenoxy) is 2. The molecule has 4 atom stereocenters. The molecule has 2 aliphatic rings. The normalized spacial score (nSPS) is 20.8. The summed E-state index contributed by atoms with van der Waals surface area (Å²) in [6, 6.07) is 8.10. The molecule has 1 saturated carbocycles. The first-order valence-corrected chi connectivity index (χ1v) is 14.7. The summed E-state index contributed by atoms with van der Waals surface area (Å²) in [6.07, 6.45) is 9.62. The van der Waals surface area contributed by atoms with Crippen molar-refractivity contribution in [2.45, 2.75) is 82.9 Å². The maximum Gasteiger partial charge on any atom is 0.406 e. The topological polar surface area (TPSA) is 91.9 Å². The predicted octanol–water partition coefficient (Wildman–Crippen LogP) is 5.51. The average molecular weight is 551 g/mol. The molecular formula is C29H47ClN4O4. The van der Waals surface area contributed by atoms with Gasteiger partial charge in [-0.2, -0.15) is 0 Å². The summed E-state index contributed by atoms with van der Waals surface area (Å²) < 4.78 is 11.0. The van der Waals surface area contributed by atoms with Crippen LogP contribution in [-0.2, 0) is 9.47 Å². The molecule has 0 spiro atoms. The zero-order valence-corrected chi connectivity index (χ0v) is 24.1. The number of amides is 3. The van der Waals surface area contributed by atoms with Crippen molar-refractivity contribution >= 4 is 23.7 Å². The Bertz CT molecular complexity index is 863. The monoisotopic (exact) mass is 550 g/mol. The number of benzene rings is 1. The van der Waals surface area contributed by atoms with Gasteiger partial charge in [0.05, 0.1) is 19.8 Å². The first kappa shape index (κ1) is 30.5. The maximum atomic E-state index is 13.6. The molecule has 1 saturated heterocycles. The first-order chi connectivity index (χ1) is 18.4. The van der Waals surface area contributed by atoms with Crippen molar-refractivity contribution in [3.05, 3.63) is 34.9 Å². The number of likely N-dealkylation sites (N-methyl/N-ethyl adjacent to an activating group) is 1. The maximum absolute atomic E-state index is 13.6. The lowest BCUT2D eigenvalue weighted by molar-refractivity contribution is -0.00872. The van der Waals surface area contributed by atoms with E-state index in [4.69, 9.17) is 16.3 Å². The van der Waals surface area contributed by atoms with Gasteiger partial charge in [0.1, 0.15) is 0 Å². The van der Waals surface area contributed by atoms with Gasteiger partial charge < -0.3 is 30.3 Å². The van der Waals surface area contributed by atoms with Gasteiger partial charge in [-0.05, 0) is 56.3 Å². The van der Waals surface area contributed by atoms with Crippen LogP contribution in [-0.4, -0.2) is 69.5 Å². The van der Waals surface area contributed by atoms with E-state index in [1.807, 2.05) is 36.2 Å². The van der Waals surface area contributed by atoms with E-state index in [0.29, 0.717) is 30.6 Å². The number of nitrogens with one attached hydrogen (secondary N) is 3. The van der Waals surface area contributed by atoms with Crippen LogP contribution in [0.2, 0.25) is 5.02 Å². The molecule has 3 rings (SSSR count). The van der Waals surface area contributed by atoms with Crippen molar-refractivity contribution < 1.29 is 19.1 Å². The number of methoxy groups -OCH3 is 1. The fourth-order valence-corrected chi connectivity index (χ4v) is 6.28. The second-order valence-corrected chi connectivity index (χ2v) is 11.1. The summed E-state index contributed by atoms with van der Waals surface area (Å²) in [5.74, 6) is 0.805. The van der Waals surface area contributed by atoms with Crippen molar-refractivity contribution in [2.75, 3.05) is 40.4 Å². The smallest absolute Gasteiger partial charge is 0.406 e. The number of piperidine rings is 1. The molecule has 1 aromatic rings. The summed E-state index contributed by atoms with van der Waals surface area (Å²) >= 11 is 6.31. The van der Waals surface area contributed by atoms with E-state index in [2.05, 4.69) is 27.6 Å². The molecule has 1 unspecified atom stereocenters. The van der Waals surface area contributed by atoms with Gasteiger partial charge in [0.15, 0.2) is 0 Å². The molecule has 1 heterocycles. The largest absolute Gasteiger partial charge is 0.453 e. The molecular weight excluding hydrogens is 504 g/mol. The Balaban J connectivity index is 1.67. The van der Waals surface area contributed by atoms with E-state index in [9.17, 15) is 9.59 Å². The molecule has 0 bridgehead atoms. The van der Waals surface area contributed by atoms with E-state index in [0.717, 1.165) is 37.8 Å². The van der Waals surface area contributed by atoms with Gasteiger partial charge in [-0.3, -0.25) is 0 Å². The highest BCUT2D eigenvalue weighted by Gasteiger charge is 2.33. The van der Waals surface area contributed by atoms with Gasteiger partial charge in [0, 0.05) is 42.7 Å². The highest BCUT2D eigenvalue weighted by molar-refractivity contribution is 6.30. The Morgan fingerprint density at radius 2 is 1.92 bits per heavy atom. The minimum Gasteiger partial charge on any atom is -0.453 e. The Morgan fingerprint density at radius 1 is 1.13 bits per heavy atom. The minimum absolute atomic E-state index is 0.0152. The Labute approximate surface area is 233 Å². The van der Waals surface area contributed by atoms with Gasteiger partial charge in [-0.1, -0.05) is 62.8 Å². The molecule has 0 radical (unpaired) electrons. The highest BCUT2D eigenvalue weighted by atomic mass is 35.5. The molecule has 1 aromatic carbocycles. The number of carbonyl (C=O) groups excluding carboxylic acids is 2. The van der Waals surface area contributed by atoms with Gasteiger partial charge >= 0.3 is 12.1 Å². The SMILES string of the molecule is CC[C@@H](NC)[C@H](CC1CCCCC1)NC(=O)N1CCC[C@@H](C(OCCNC(=O)OC)c2cccc(Cl)c2)C1. The van der Waals surface area contributed by atoms with Crippen LogP contribution >= 0.6 is 11.6 Å². The van der Waals surface area contributed by atoms with Crippen LogP contribution in [0, 0.1) is 11.8 Å². The standard InChI is InChI=1S/C29H47ClN4O4/c1-4-25(31-2)26(18-21-10-6-5-7-11-21)33-28(35)34-16-9-13-23(20-34)27(22-12-8-14-24(30)19-22)38-17-15-32-29(36)37-3/h8,12,14,19,21,23,25-27,31H,4-7,9-11,13,15-18,20H2,1-3H3,(H,32,36)(H,33,35)/t23-,25-,26+,27?/m1/s1. The number of carbonyl (C=O) groups is 2. The third kappa shape index (κ3) is 9.31. The molecule has 9 heteroatoms. The second kappa shape index (κ2) is 16.2. The van der Waals surface area contributed by atoms with Crippen LogP contribution in [0.1, 0.15) is 76.4 Å². The lowest BCUT2D eigenvalue weighted by atomic mass is 9.83. The number of urea groups is 1. The second-order valence-electron chi connectivity index (χ2n) is 10.7. The summed E-state index contributed by atoms with van der Waals surface area (Å²) in [4.78, 5) is 27.0. The van der Waals surface area contributed by atoms with Crippen molar-refractivity contribution in [1.82, 2.24) is 20.9 Å². The predicted molar refractivity (Wildman–Crippen MR) is 152 cm³/mol. The van der Waals surface area contributed by atoms with Crippen molar-refractivity contribution in [3.8, 4) is 0 Å². The summed E-state index contributed by atoms with van der Waals surface area (Å²) in [5.41, 5.74) is 0.985. The molecule has 3 amide bonds. The van der Waals surface area contributed by atoms with Crippen LogP contribution in [0.25, 0.3) is 0 Å². The third-order valence-electron chi connectivity index (χ3n) is 8.12. The van der Waals surface area contributed by atoms with E-state index in [1.165, 1.54) is 39.2 Å². The molecule has 38 heavy (non-hydrogen) atoms. The number of hydrogen-bond acceptors (Lipinski definition) is 5. The zero-order valence-electron chi connectivity index (χ0n) is 23.3. The van der Waals surface area contributed by atoms with Crippen LogP contribution in [0.5, 0.6) is 0 Å². The molecule has 2 fully saturated rings. The fraction of sp³-hybridized carbons (Fsp3) is 0.724. The molecule has 8 nitrogen and oxygen atoms in total. The van der Waals surface area contributed by atoms with Crippen LogP contribution in [0.3, 0.4) is 0 Å². The summed E-state index contributed by atoms with van der Waals surface area (Å²) in [5, 5.41) is 10.2. The number of halogens is 1. The van der Waals surface area contributed by atoms with E-state index < -0.39 is 6.09 Å². The van der Waals surface area contributed by atoms with Crippen LogP contribution < -0.4 is 16.0 Å². The fourth-order valence-electron chi connectivity index (χ4n) is 6.09. The summed E-state index contributed by atoms with van der Waals surface area (Å²) in [7, 11) is 3.33. The third-order valence-corrected chi connectivity index (χ3v) is 8.36. The lowest BCUT2D eigenvalue weighted by Crippen LogP contribution is -2.55. The number of alkyl carbamates (subject to hydrolysis) is 1. The van der Waals surface area contributed by atoms with Crippen LogP contribution in [0.15, 0.2) is 24.3 Å². The number of hydrogen-bond donors (Lipinski definition) is 3. The number of rotatable bonds is 12.